The summed E-state index contributed by atoms with van der Waals surface area (Å²) < 4.78 is 36.3. The Bertz CT molecular complexity index is 1310. The number of amides is 1. The molecule has 0 radical (unpaired) electrons. The van der Waals surface area contributed by atoms with Crippen LogP contribution in [0.4, 0.5) is 10.1 Å². The molecule has 2 aromatic rings. The molecular formula is C27H32FN3O3S. The SMILES string of the molecule is CN(C(=O)CCS(N)(=O)=O)c1ccc2c(c1)CC[C@@H]1[C@@H]2CC[C@]2(C)C(c3cncc(F)c3)=CC[C@@H]12. The lowest BCUT2D eigenvalue weighted by Crippen LogP contribution is -2.41. The first-order valence-electron chi connectivity index (χ1n) is 12.3. The van der Waals surface area contributed by atoms with E-state index < -0.39 is 10.0 Å². The third-order valence-electron chi connectivity index (χ3n) is 8.67. The molecule has 5 rings (SSSR count). The molecule has 1 saturated carbocycles. The van der Waals surface area contributed by atoms with Crippen LogP contribution in [0.25, 0.3) is 5.57 Å². The number of sulfonamides is 1. The molecule has 0 aliphatic heterocycles. The molecule has 1 fully saturated rings. The van der Waals surface area contributed by atoms with Gasteiger partial charge in [0.25, 0.3) is 0 Å². The van der Waals surface area contributed by atoms with Crippen LogP contribution in [-0.2, 0) is 21.2 Å². The highest BCUT2D eigenvalue weighted by Gasteiger charge is 2.52. The lowest BCUT2D eigenvalue weighted by atomic mass is 9.54. The fourth-order valence-electron chi connectivity index (χ4n) is 6.89. The van der Waals surface area contributed by atoms with Crippen LogP contribution < -0.4 is 10.0 Å². The predicted molar refractivity (Wildman–Crippen MR) is 135 cm³/mol. The maximum atomic E-state index is 13.9. The topological polar surface area (TPSA) is 93.4 Å². The number of pyridine rings is 1. The molecule has 4 atom stereocenters. The molecule has 0 unspecified atom stereocenters. The molecular weight excluding hydrogens is 465 g/mol. The van der Waals surface area contributed by atoms with E-state index in [-0.39, 0.29) is 29.3 Å². The van der Waals surface area contributed by atoms with Crippen LogP contribution in [0.5, 0.6) is 0 Å². The molecule has 0 spiro atoms. The van der Waals surface area contributed by atoms with Gasteiger partial charge in [0.15, 0.2) is 0 Å². The van der Waals surface area contributed by atoms with Crippen molar-refractivity contribution in [2.24, 2.45) is 22.4 Å². The molecule has 1 aromatic heterocycles. The summed E-state index contributed by atoms with van der Waals surface area (Å²) in [4.78, 5) is 18.1. The minimum atomic E-state index is -3.67. The Hall–Kier alpha value is -2.58. The third-order valence-corrected chi connectivity index (χ3v) is 9.44. The summed E-state index contributed by atoms with van der Waals surface area (Å²) in [5, 5.41) is 5.05. The van der Waals surface area contributed by atoms with Gasteiger partial charge in [0.1, 0.15) is 5.82 Å². The fraction of sp³-hybridized carbons (Fsp3) is 0.481. The zero-order valence-electron chi connectivity index (χ0n) is 20.2. The van der Waals surface area contributed by atoms with E-state index >= 15 is 0 Å². The van der Waals surface area contributed by atoms with Crippen molar-refractivity contribution in [1.29, 1.82) is 0 Å². The second-order valence-corrected chi connectivity index (χ2v) is 12.3. The number of rotatable bonds is 5. The van der Waals surface area contributed by atoms with Crippen LogP contribution >= 0.6 is 0 Å². The number of hydrogen-bond acceptors (Lipinski definition) is 4. The Morgan fingerprint density at radius 3 is 2.80 bits per heavy atom. The highest BCUT2D eigenvalue weighted by Crippen LogP contribution is 2.63. The molecule has 6 nitrogen and oxygen atoms in total. The molecule has 3 aliphatic rings. The number of nitrogens with zero attached hydrogens (tertiary/aromatic N) is 2. The van der Waals surface area contributed by atoms with Crippen molar-refractivity contribution in [2.45, 2.75) is 51.4 Å². The summed E-state index contributed by atoms with van der Waals surface area (Å²) in [7, 11) is -1.99. The first-order valence-corrected chi connectivity index (χ1v) is 14.0. The van der Waals surface area contributed by atoms with Gasteiger partial charge in [-0.25, -0.2) is 17.9 Å². The lowest BCUT2D eigenvalue weighted by Gasteiger charge is -2.50. The minimum absolute atomic E-state index is 0.0318. The fourth-order valence-corrected chi connectivity index (χ4v) is 7.35. The highest BCUT2D eigenvalue weighted by atomic mass is 32.2. The molecule has 1 amide bonds. The predicted octanol–water partition coefficient (Wildman–Crippen LogP) is 4.41. The smallest absolute Gasteiger partial charge is 0.227 e. The van der Waals surface area contributed by atoms with Gasteiger partial charge < -0.3 is 4.90 Å². The molecule has 0 saturated heterocycles. The van der Waals surface area contributed by atoms with E-state index in [2.05, 4.69) is 30.1 Å². The molecule has 1 aromatic carbocycles. The summed E-state index contributed by atoms with van der Waals surface area (Å²) in [5.74, 6) is 0.656. The molecule has 2 N–H and O–H groups in total. The number of aryl methyl sites for hydroxylation is 1. The Labute approximate surface area is 206 Å². The van der Waals surface area contributed by atoms with Crippen LogP contribution in [0.3, 0.4) is 0 Å². The van der Waals surface area contributed by atoms with Crippen molar-refractivity contribution in [3.05, 3.63) is 65.2 Å². The Kier molecular flexibility index (Phi) is 6.08. The van der Waals surface area contributed by atoms with Gasteiger partial charge >= 0.3 is 0 Å². The van der Waals surface area contributed by atoms with Gasteiger partial charge in [0.05, 0.1) is 11.9 Å². The quantitative estimate of drug-likeness (QED) is 0.662. The van der Waals surface area contributed by atoms with Gasteiger partial charge in [0, 0.05) is 25.4 Å². The van der Waals surface area contributed by atoms with Gasteiger partial charge in [-0.05, 0) is 95.7 Å². The molecule has 35 heavy (non-hydrogen) atoms. The number of nitrogens with two attached hydrogens (primary N) is 1. The van der Waals surface area contributed by atoms with Crippen LogP contribution in [0, 0.1) is 23.1 Å². The summed E-state index contributed by atoms with van der Waals surface area (Å²) >= 11 is 0. The summed E-state index contributed by atoms with van der Waals surface area (Å²) in [6.45, 7) is 2.35. The van der Waals surface area contributed by atoms with Crippen LogP contribution in [0.1, 0.15) is 61.6 Å². The summed E-state index contributed by atoms with van der Waals surface area (Å²) in [6.07, 6.45) is 10.4. The minimum Gasteiger partial charge on any atom is -0.315 e. The molecule has 8 heteroatoms. The zero-order valence-corrected chi connectivity index (χ0v) is 21.0. The van der Waals surface area contributed by atoms with E-state index in [0.29, 0.717) is 17.8 Å². The molecule has 3 aliphatic carbocycles. The van der Waals surface area contributed by atoms with Crippen molar-refractivity contribution >= 4 is 27.2 Å². The number of benzene rings is 1. The van der Waals surface area contributed by atoms with E-state index in [1.165, 1.54) is 27.8 Å². The average molecular weight is 498 g/mol. The van der Waals surface area contributed by atoms with E-state index in [9.17, 15) is 17.6 Å². The normalized spacial score (nSPS) is 27.4. The lowest BCUT2D eigenvalue weighted by molar-refractivity contribution is -0.117. The number of allylic oxidation sites excluding steroid dienone is 2. The highest BCUT2D eigenvalue weighted by molar-refractivity contribution is 7.89. The maximum Gasteiger partial charge on any atom is 0.227 e. The molecule has 0 bridgehead atoms. The monoisotopic (exact) mass is 497 g/mol. The first-order chi connectivity index (χ1) is 16.6. The number of aromatic nitrogens is 1. The number of anilines is 1. The number of hydrogen-bond donors (Lipinski definition) is 1. The van der Waals surface area contributed by atoms with Crippen molar-refractivity contribution in [2.75, 3.05) is 17.7 Å². The van der Waals surface area contributed by atoms with Gasteiger partial charge in [-0.1, -0.05) is 19.1 Å². The van der Waals surface area contributed by atoms with Gasteiger partial charge in [0.2, 0.25) is 15.9 Å². The zero-order chi connectivity index (χ0) is 25.0. The van der Waals surface area contributed by atoms with Gasteiger partial charge in [-0.15, -0.1) is 0 Å². The second kappa shape index (κ2) is 8.82. The van der Waals surface area contributed by atoms with Crippen molar-refractivity contribution in [3.8, 4) is 0 Å². The number of fused-ring (bicyclic) bond motifs is 5. The second-order valence-electron chi connectivity index (χ2n) is 10.6. The van der Waals surface area contributed by atoms with E-state index in [4.69, 9.17) is 5.14 Å². The Morgan fingerprint density at radius 1 is 1.26 bits per heavy atom. The third kappa shape index (κ3) is 4.42. The summed E-state index contributed by atoms with van der Waals surface area (Å²) in [6, 6.07) is 7.83. The average Bonchev–Trinajstić information content (AvgIpc) is 3.18. The van der Waals surface area contributed by atoms with E-state index in [0.717, 1.165) is 43.4 Å². The number of carbonyl (C=O) groups is 1. The Morgan fingerprint density at radius 2 is 2.06 bits per heavy atom. The molecule has 186 valence electrons. The van der Waals surface area contributed by atoms with Crippen LogP contribution in [0.2, 0.25) is 0 Å². The first kappa shape index (κ1) is 24.1. The standard InChI is InChI=1S/C27H32FN3O3S/c1-27-11-9-22-21-6-4-20(31(2)26(32)10-12-35(29,33)34)14-17(21)3-5-23(22)25(27)8-7-24(27)18-13-19(28)16-30-15-18/h4,6-7,13-16,22-23,25H,3,5,8-12H2,1-2H3,(H2,29,33,34)/t22-,23-,25+,27-/m1/s1. The van der Waals surface area contributed by atoms with Crippen molar-refractivity contribution < 1.29 is 17.6 Å². The van der Waals surface area contributed by atoms with E-state index in [1.54, 1.807) is 19.3 Å². The number of carbonyl (C=O) groups excluding carboxylic acids is 1. The number of primary sulfonamides is 1. The maximum absolute atomic E-state index is 13.9. The Balaban J connectivity index is 1.35. The largest absolute Gasteiger partial charge is 0.315 e. The van der Waals surface area contributed by atoms with Gasteiger partial charge in [-0.2, -0.15) is 0 Å². The molecule has 1 heterocycles. The van der Waals surface area contributed by atoms with Crippen LogP contribution in [-0.4, -0.2) is 32.1 Å². The van der Waals surface area contributed by atoms with Gasteiger partial charge in [-0.3, -0.25) is 9.78 Å². The summed E-state index contributed by atoms with van der Waals surface area (Å²) in [5.41, 5.74) is 5.62. The van der Waals surface area contributed by atoms with Crippen molar-refractivity contribution in [1.82, 2.24) is 4.98 Å². The van der Waals surface area contributed by atoms with Crippen LogP contribution in [0.15, 0.2) is 42.7 Å². The van der Waals surface area contributed by atoms with E-state index in [1.807, 2.05) is 6.07 Å². The number of halogens is 1. The van der Waals surface area contributed by atoms with Crippen molar-refractivity contribution in [3.63, 3.8) is 0 Å².